The zero-order valence-corrected chi connectivity index (χ0v) is 16.1. The van der Waals surface area contributed by atoms with E-state index in [0.717, 1.165) is 5.01 Å². The van der Waals surface area contributed by atoms with Crippen molar-refractivity contribution in [3.63, 3.8) is 0 Å². The molecule has 28 heavy (non-hydrogen) atoms. The lowest BCUT2D eigenvalue weighted by Gasteiger charge is -2.11. The Labute approximate surface area is 164 Å². The Bertz CT molecular complexity index is 1230. The van der Waals surface area contributed by atoms with E-state index >= 15 is 0 Å². The first-order valence-electron chi connectivity index (χ1n) is 8.75. The van der Waals surface area contributed by atoms with E-state index in [0.29, 0.717) is 27.3 Å². The molecule has 7 nitrogen and oxygen atoms in total. The van der Waals surface area contributed by atoms with Gasteiger partial charge in [-0.25, -0.2) is 4.98 Å². The molecular weight excluding hydrogens is 374 g/mol. The molecule has 0 aliphatic heterocycles. The molecule has 2 heterocycles. The van der Waals surface area contributed by atoms with Crippen LogP contribution in [0.25, 0.3) is 16.6 Å². The standard InChI is InChI=1S/C20H17N5O2S/c1-12(2)18-23-24-20(28-18)22-17(26)14-8-4-6-10-16(14)25-11-21-15-9-5-3-7-13(15)19(25)27/h3-12H,1-2H3,(H,22,24,26). The number of aromatic nitrogens is 4. The molecule has 0 bridgehead atoms. The van der Waals surface area contributed by atoms with Gasteiger partial charge in [-0.15, -0.1) is 10.2 Å². The summed E-state index contributed by atoms with van der Waals surface area (Å²) in [6.45, 7) is 4.03. The SMILES string of the molecule is CC(C)c1nnc(NC(=O)c2ccccc2-n2cnc3ccccc3c2=O)s1. The van der Waals surface area contributed by atoms with Crippen LogP contribution in [0.4, 0.5) is 5.13 Å². The fourth-order valence-corrected chi connectivity index (χ4v) is 3.54. The van der Waals surface area contributed by atoms with Crippen molar-refractivity contribution in [1.82, 2.24) is 19.7 Å². The maximum Gasteiger partial charge on any atom is 0.265 e. The molecule has 2 aromatic heterocycles. The third-order valence-electron chi connectivity index (χ3n) is 4.23. The maximum absolute atomic E-state index is 12.9. The third kappa shape index (κ3) is 3.29. The molecule has 140 valence electrons. The molecule has 0 atom stereocenters. The highest BCUT2D eigenvalue weighted by Gasteiger charge is 2.17. The average Bonchev–Trinajstić information content (AvgIpc) is 3.17. The second-order valence-corrected chi connectivity index (χ2v) is 7.52. The summed E-state index contributed by atoms with van der Waals surface area (Å²) in [7, 11) is 0. The Balaban J connectivity index is 1.74. The van der Waals surface area contributed by atoms with E-state index in [1.807, 2.05) is 19.9 Å². The van der Waals surface area contributed by atoms with Crippen LogP contribution < -0.4 is 10.9 Å². The van der Waals surface area contributed by atoms with Crippen molar-refractivity contribution < 1.29 is 4.79 Å². The number of carbonyl (C=O) groups excluding carboxylic acids is 1. The molecule has 4 aromatic rings. The maximum atomic E-state index is 12.9. The highest BCUT2D eigenvalue weighted by Crippen LogP contribution is 2.23. The summed E-state index contributed by atoms with van der Waals surface area (Å²) < 4.78 is 1.39. The number of carbonyl (C=O) groups is 1. The molecule has 0 aliphatic rings. The number of hydrogen-bond donors (Lipinski definition) is 1. The number of benzene rings is 2. The number of hydrogen-bond acceptors (Lipinski definition) is 6. The molecule has 0 unspecified atom stereocenters. The van der Waals surface area contributed by atoms with Crippen molar-refractivity contribution in [3.8, 4) is 5.69 Å². The van der Waals surface area contributed by atoms with E-state index < -0.39 is 0 Å². The number of fused-ring (bicyclic) bond motifs is 1. The number of anilines is 1. The zero-order valence-electron chi connectivity index (χ0n) is 15.3. The van der Waals surface area contributed by atoms with E-state index in [4.69, 9.17) is 0 Å². The normalized spacial score (nSPS) is 11.1. The Hall–Kier alpha value is -3.39. The quantitative estimate of drug-likeness (QED) is 0.574. The van der Waals surface area contributed by atoms with Gasteiger partial charge in [-0.3, -0.25) is 19.5 Å². The van der Waals surface area contributed by atoms with Gasteiger partial charge < -0.3 is 0 Å². The highest BCUT2D eigenvalue weighted by molar-refractivity contribution is 7.15. The Morgan fingerprint density at radius 1 is 1.07 bits per heavy atom. The van der Waals surface area contributed by atoms with Crippen LogP contribution in [0.15, 0.2) is 59.7 Å². The lowest BCUT2D eigenvalue weighted by atomic mass is 10.1. The van der Waals surface area contributed by atoms with E-state index in [1.165, 1.54) is 22.2 Å². The van der Waals surface area contributed by atoms with Crippen molar-refractivity contribution in [1.29, 1.82) is 0 Å². The minimum atomic E-state index is -0.359. The Morgan fingerprint density at radius 2 is 1.82 bits per heavy atom. The van der Waals surface area contributed by atoms with Gasteiger partial charge in [0.15, 0.2) is 0 Å². The molecule has 1 amide bonds. The average molecular weight is 391 g/mol. The monoisotopic (exact) mass is 391 g/mol. The van der Waals surface area contributed by atoms with Crippen LogP contribution in [0, 0.1) is 0 Å². The Morgan fingerprint density at radius 3 is 2.61 bits per heavy atom. The number of nitrogens with one attached hydrogen (secondary N) is 1. The molecule has 0 aliphatic carbocycles. The fraction of sp³-hybridized carbons (Fsp3) is 0.150. The van der Waals surface area contributed by atoms with Crippen LogP contribution in [0.3, 0.4) is 0 Å². The summed E-state index contributed by atoms with van der Waals surface area (Å²) in [5.74, 6) is -0.125. The predicted molar refractivity (Wildman–Crippen MR) is 109 cm³/mol. The van der Waals surface area contributed by atoms with Gasteiger partial charge in [-0.2, -0.15) is 0 Å². The van der Waals surface area contributed by atoms with Gasteiger partial charge in [-0.1, -0.05) is 49.4 Å². The summed E-state index contributed by atoms with van der Waals surface area (Å²) >= 11 is 1.34. The van der Waals surface area contributed by atoms with Crippen LogP contribution in [0.5, 0.6) is 0 Å². The first-order valence-corrected chi connectivity index (χ1v) is 9.57. The van der Waals surface area contributed by atoms with Crippen molar-refractivity contribution in [2.45, 2.75) is 19.8 Å². The third-order valence-corrected chi connectivity index (χ3v) is 5.37. The number of rotatable bonds is 4. The molecule has 0 spiro atoms. The van der Waals surface area contributed by atoms with Gasteiger partial charge in [-0.05, 0) is 24.3 Å². The van der Waals surface area contributed by atoms with Crippen LogP contribution in [-0.4, -0.2) is 25.7 Å². The Kier molecular flexibility index (Phi) is 4.70. The summed E-state index contributed by atoms with van der Waals surface area (Å²) in [5.41, 5.74) is 1.18. The summed E-state index contributed by atoms with van der Waals surface area (Å²) in [6.07, 6.45) is 1.44. The molecular formula is C20H17N5O2S. The number of amides is 1. The van der Waals surface area contributed by atoms with Gasteiger partial charge in [0.2, 0.25) is 5.13 Å². The van der Waals surface area contributed by atoms with E-state index in [-0.39, 0.29) is 17.4 Å². The smallest absolute Gasteiger partial charge is 0.265 e. The highest BCUT2D eigenvalue weighted by atomic mass is 32.1. The molecule has 1 N–H and O–H groups in total. The van der Waals surface area contributed by atoms with E-state index in [2.05, 4.69) is 20.5 Å². The van der Waals surface area contributed by atoms with Crippen molar-refractivity contribution in [3.05, 3.63) is 75.8 Å². The first-order chi connectivity index (χ1) is 13.5. The summed E-state index contributed by atoms with van der Waals surface area (Å²) in [6, 6.07) is 14.0. The molecule has 8 heteroatoms. The lowest BCUT2D eigenvalue weighted by molar-refractivity contribution is 0.102. The second-order valence-electron chi connectivity index (χ2n) is 6.51. The molecule has 0 fully saturated rings. The van der Waals surface area contributed by atoms with Crippen molar-refractivity contribution >= 4 is 33.3 Å². The first kappa shape index (κ1) is 18.0. The van der Waals surface area contributed by atoms with E-state index in [1.54, 1.807) is 42.5 Å². The number of nitrogens with zero attached hydrogens (tertiary/aromatic N) is 4. The van der Waals surface area contributed by atoms with Crippen LogP contribution in [0.1, 0.15) is 35.1 Å². The largest absolute Gasteiger partial charge is 0.296 e. The number of para-hydroxylation sites is 2. The molecule has 0 radical (unpaired) electrons. The summed E-state index contributed by atoms with van der Waals surface area (Å²) in [4.78, 5) is 30.1. The van der Waals surface area contributed by atoms with Crippen molar-refractivity contribution in [2.24, 2.45) is 0 Å². The van der Waals surface area contributed by atoms with E-state index in [9.17, 15) is 9.59 Å². The van der Waals surface area contributed by atoms with Gasteiger partial charge in [0.1, 0.15) is 11.3 Å². The van der Waals surface area contributed by atoms with Gasteiger partial charge in [0.05, 0.1) is 22.2 Å². The van der Waals surface area contributed by atoms with Gasteiger partial charge in [0.25, 0.3) is 11.5 Å². The predicted octanol–water partition coefficient (Wildman–Crippen LogP) is 3.61. The minimum Gasteiger partial charge on any atom is -0.296 e. The molecule has 4 rings (SSSR count). The zero-order chi connectivity index (χ0) is 19.7. The van der Waals surface area contributed by atoms with Crippen molar-refractivity contribution in [2.75, 3.05) is 5.32 Å². The fourth-order valence-electron chi connectivity index (χ4n) is 2.80. The minimum absolute atomic E-state index is 0.233. The summed E-state index contributed by atoms with van der Waals surface area (Å²) in [5, 5.41) is 12.6. The molecule has 0 saturated heterocycles. The topological polar surface area (TPSA) is 89.8 Å². The van der Waals surface area contributed by atoms with Crippen LogP contribution in [0.2, 0.25) is 0 Å². The van der Waals surface area contributed by atoms with Crippen LogP contribution in [-0.2, 0) is 0 Å². The second kappa shape index (κ2) is 7.32. The molecule has 2 aromatic carbocycles. The lowest BCUT2D eigenvalue weighted by Crippen LogP contribution is -2.22. The van der Waals surface area contributed by atoms with Crippen LogP contribution >= 0.6 is 11.3 Å². The van der Waals surface area contributed by atoms with Gasteiger partial charge in [0, 0.05) is 5.92 Å². The van der Waals surface area contributed by atoms with Gasteiger partial charge >= 0.3 is 0 Å². The molecule has 0 saturated carbocycles.